The van der Waals surface area contributed by atoms with E-state index in [-0.39, 0.29) is 34.5 Å². The van der Waals surface area contributed by atoms with E-state index in [1.54, 1.807) is 15.8 Å². The minimum absolute atomic E-state index is 0.0234. The number of fused-ring (bicyclic) bond motifs is 4. The number of aromatic nitrogens is 4. The van der Waals surface area contributed by atoms with E-state index in [0.29, 0.717) is 80.3 Å². The summed E-state index contributed by atoms with van der Waals surface area (Å²) in [4.78, 5) is 48.5. The molecule has 0 radical (unpaired) electrons. The lowest BCUT2D eigenvalue weighted by molar-refractivity contribution is -0.137. The van der Waals surface area contributed by atoms with Crippen molar-refractivity contribution >= 4 is 51.8 Å². The SMILES string of the molecule is CN1Nc2cccc(C(=O)N3CCC4(CCCc5c4c(=O)n4nc(C6=CCOCC6)nc4n5CC(=O)Nc4ccc(C(F)(F)F)cc4Cl)CC3)c2N1. The summed E-state index contributed by atoms with van der Waals surface area (Å²) in [6.07, 6.45) is 0.850. The number of piperidine rings is 1. The van der Waals surface area contributed by atoms with Gasteiger partial charge < -0.3 is 19.5 Å². The number of para-hydroxylation sites is 1. The molecule has 0 saturated carbocycles. The van der Waals surface area contributed by atoms with Crippen LogP contribution in [-0.2, 0) is 34.1 Å². The number of benzene rings is 2. The normalized spacial score (nSPS) is 18.4. The molecule has 52 heavy (non-hydrogen) atoms. The molecule has 4 aliphatic rings. The predicted octanol–water partition coefficient (Wildman–Crippen LogP) is 5.12. The van der Waals surface area contributed by atoms with Gasteiger partial charge in [-0.05, 0) is 74.4 Å². The van der Waals surface area contributed by atoms with Gasteiger partial charge in [0.25, 0.3) is 11.5 Å². The van der Waals surface area contributed by atoms with E-state index < -0.39 is 23.1 Å². The van der Waals surface area contributed by atoms with Crippen LogP contribution < -0.4 is 21.7 Å². The van der Waals surface area contributed by atoms with Gasteiger partial charge in [0.2, 0.25) is 11.7 Å². The third-order valence-corrected chi connectivity index (χ3v) is 10.8. The van der Waals surface area contributed by atoms with Crippen LogP contribution in [0.2, 0.25) is 5.02 Å². The van der Waals surface area contributed by atoms with Gasteiger partial charge in [0.05, 0.1) is 46.4 Å². The molecule has 2 amide bonds. The van der Waals surface area contributed by atoms with Crippen molar-refractivity contribution in [2.75, 3.05) is 49.5 Å². The van der Waals surface area contributed by atoms with Gasteiger partial charge in [-0.25, -0.2) is 0 Å². The number of carbonyl (C=O) groups excluding carboxylic acids is 2. The van der Waals surface area contributed by atoms with Gasteiger partial charge in [0, 0.05) is 36.8 Å². The van der Waals surface area contributed by atoms with Crippen molar-refractivity contribution in [1.29, 1.82) is 0 Å². The standard InChI is InChI=1S/C35H35ClF3N9O4/c1-45-42-25-5-2-4-22(29(25)43-45)31(50)46-14-12-34(13-15-46)11-3-6-26-28(34)32(51)48-33(41-30(44-48)20-9-16-52-17-10-20)47(26)19-27(49)40-24-8-7-21(18-23(24)36)35(37,38)39/h2,4-5,7-9,18,42-43H,3,6,10-17,19H2,1H3,(H,40,49). The molecule has 1 aliphatic carbocycles. The van der Waals surface area contributed by atoms with Crippen molar-refractivity contribution in [3.63, 3.8) is 0 Å². The molecule has 0 bridgehead atoms. The molecule has 0 unspecified atom stereocenters. The molecule has 5 heterocycles. The van der Waals surface area contributed by atoms with Crippen LogP contribution in [0.3, 0.4) is 0 Å². The maximum Gasteiger partial charge on any atom is 0.416 e. The third-order valence-electron chi connectivity index (χ3n) is 10.4. The number of halogens is 4. The summed E-state index contributed by atoms with van der Waals surface area (Å²) in [7, 11) is 1.81. The first-order chi connectivity index (χ1) is 24.9. The van der Waals surface area contributed by atoms with Crippen LogP contribution in [0.15, 0.2) is 47.3 Å². The summed E-state index contributed by atoms with van der Waals surface area (Å²) >= 11 is 6.17. The van der Waals surface area contributed by atoms with Gasteiger partial charge in [-0.15, -0.1) is 10.2 Å². The largest absolute Gasteiger partial charge is 0.416 e. The Balaban J connectivity index is 1.14. The molecule has 272 valence electrons. The number of carbonyl (C=O) groups is 2. The molecule has 3 aliphatic heterocycles. The Labute approximate surface area is 300 Å². The van der Waals surface area contributed by atoms with Crippen molar-refractivity contribution in [1.82, 2.24) is 29.2 Å². The highest BCUT2D eigenvalue weighted by molar-refractivity contribution is 6.33. The number of nitrogens with zero attached hydrogens (tertiary/aromatic N) is 6. The second-order valence-electron chi connectivity index (χ2n) is 13.6. The number of anilines is 3. The highest BCUT2D eigenvalue weighted by atomic mass is 35.5. The summed E-state index contributed by atoms with van der Waals surface area (Å²) in [5.41, 5.74) is 8.65. The molecule has 17 heteroatoms. The van der Waals surface area contributed by atoms with Crippen LogP contribution >= 0.6 is 11.6 Å². The van der Waals surface area contributed by atoms with Crippen LogP contribution in [0.4, 0.5) is 30.2 Å². The monoisotopic (exact) mass is 737 g/mol. The van der Waals surface area contributed by atoms with Crippen LogP contribution in [0.1, 0.15) is 65.1 Å². The fourth-order valence-electron chi connectivity index (χ4n) is 7.90. The summed E-state index contributed by atoms with van der Waals surface area (Å²) < 4.78 is 48.2. The van der Waals surface area contributed by atoms with Crippen molar-refractivity contribution in [2.24, 2.45) is 0 Å². The first kappa shape index (κ1) is 34.2. The van der Waals surface area contributed by atoms with Crippen molar-refractivity contribution < 1.29 is 27.5 Å². The first-order valence-electron chi connectivity index (χ1n) is 17.1. The topological polar surface area (TPSA) is 138 Å². The Bertz CT molecular complexity index is 2210. The summed E-state index contributed by atoms with van der Waals surface area (Å²) in [5, 5.41) is 8.72. The molecular weight excluding hydrogens is 703 g/mol. The molecule has 1 spiro atoms. The van der Waals surface area contributed by atoms with Crippen LogP contribution in [-0.4, -0.2) is 74.3 Å². The third kappa shape index (κ3) is 5.97. The lowest BCUT2D eigenvalue weighted by Crippen LogP contribution is -2.50. The number of rotatable bonds is 5. The molecule has 3 N–H and O–H groups in total. The van der Waals surface area contributed by atoms with E-state index in [2.05, 4.69) is 21.3 Å². The number of amides is 2. The van der Waals surface area contributed by atoms with Crippen LogP contribution in [0.5, 0.6) is 0 Å². The molecule has 0 atom stereocenters. The molecule has 2 aromatic carbocycles. The Hall–Kier alpha value is -4.93. The first-order valence-corrected chi connectivity index (χ1v) is 17.5. The van der Waals surface area contributed by atoms with Crippen LogP contribution in [0.25, 0.3) is 11.4 Å². The van der Waals surface area contributed by atoms with Gasteiger partial charge >= 0.3 is 6.18 Å². The zero-order chi connectivity index (χ0) is 36.4. The number of hydrogen-bond donors (Lipinski definition) is 3. The number of alkyl halides is 3. The Morgan fingerprint density at radius 3 is 2.63 bits per heavy atom. The highest BCUT2D eigenvalue weighted by Gasteiger charge is 2.45. The fraction of sp³-hybridized carbons (Fsp3) is 0.400. The quantitative estimate of drug-likeness (QED) is 0.255. The lowest BCUT2D eigenvalue weighted by Gasteiger charge is -2.45. The van der Waals surface area contributed by atoms with E-state index in [1.807, 2.05) is 30.2 Å². The lowest BCUT2D eigenvalue weighted by atomic mass is 9.66. The maximum absolute atomic E-state index is 14.5. The van der Waals surface area contributed by atoms with E-state index in [0.717, 1.165) is 42.3 Å². The molecule has 1 fully saturated rings. The van der Waals surface area contributed by atoms with Crippen molar-refractivity contribution in [3.05, 3.63) is 86.1 Å². The Morgan fingerprint density at radius 2 is 1.90 bits per heavy atom. The van der Waals surface area contributed by atoms with Gasteiger partial charge in [-0.1, -0.05) is 23.7 Å². The second kappa shape index (κ2) is 12.9. The van der Waals surface area contributed by atoms with Gasteiger partial charge in [-0.3, -0.25) is 25.2 Å². The Morgan fingerprint density at radius 1 is 1.10 bits per heavy atom. The molecular formula is C35H35ClF3N9O4. The minimum Gasteiger partial charge on any atom is -0.377 e. The Kier molecular flexibility index (Phi) is 8.50. The zero-order valence-electron chi connectivity index (χ0n) is 28.1. The number of likely N-dealkylation sites (tertiary alicyclic amines) is 1. The number of hydrazine groups is 2. The molecule has 2 aromatic heterocycles. The van der Waals surface area contributed by atoms with E-state index in [9.17, 15) is 27.6 Å². The highest BCUT2D eigenvalue weighted by Crippen LogP contribution is 2.44. The van der Waals surface area contributed by atoms with Gasteiger partial charge in [-0.2, -0.15) is 22.7 Å². The molecule has 4 aromatic rings. The zero-order valence-corrected chi connectivity index (χ0v) is 28.9. The van der Waals surface area contributed by atoms with E-state index in [4.69, 9.17) is 21.3 Å². The number of ether oxygens (including phenoxy) is 1. The fourth-order valence-corrected chi connectivity index (χ4v) is 8.13. The number of nitrogens with one attached hydrogen (secondary N) is 3. The van der Waals surface area contributed by atoms with Crippen molar-refractivity contribution in [2.45, 2.75) is 56.7 Å². The van der Waals surface area contributed by atoms with Gasteiger partial charge in [0.1, 0.15) is 6.54 Å². The summed E-state index contributed by atoms with van der Waals surface area (Å²) in [6, 6.07) is 8.26. The average molecular weight is 738 g/mol. The second-order valence-corrected chi connectivity index (χ2v) is 14.0. The van der Waals surface area contributed by atoms with Crippen LogP contribution in [0, 0.1) is 0 Å². The summed E-state index contributed by atoms with van der Waals surface area (Å²) in [5.74, 6) is -0.118. The molecule has 13 nitrogen and oxygen atoms in total. The summed E-state index contributed by atoms with van der Waals surface area (Å²) in [6.45, 7) is 1.41. The molecule has 1 saturated heterocycles. The van der Waals surface area contributed by atoms with Crippen molar-refractivity contribution in [3.8, 4) is 0 Å². The average Bonchev–Trinajstić information content (AvgIpc) is 3.75. The number of hydrogen-bond acceptors (Lipinski definition) is 9. The smallest absolute Gasteiger partial charge is 0.377 e. The van der Waals surface area contributed by atoms with Gasteiger partial charge in [0.15, 0.2) is 5.82 Å². The minimum atomic E-state index is -4.59. The maximum atomic E-state index is 14.5. The van der Waals surface area contributed by atoms with E-state index in [1.165, 1.54) is 4.52 Å². The predicted molar refractivity (Wildman–Crippen MR) is 187 cm³/mol. The molecule has 8 rings (SSSR count). The van der Waals surface area contributed by atoms with E-state index >= 15 is 0 Å².